The summed E-state index contributed by atoms with van der Waals surface area (Å²) in [6.07, 6.45) is 3.52. The Kier molecular flexibility index (Phi) is 4.63. The molecule has 1 aromatic carbocycles. The maximum absolute atomic E-state index is 13.1. The molecule has 5 aliphatic rings. The van der Waals surface area contributed by atoms with E-state index in [1.807, 2.05) is 26.8 Å². The maximum Gasteiger partial charge on any atom is 0.410 e. The molecule has 8 nitrogen and oxygen atoms in total. The van der Waals surface area contributed by atoms with Crippen LogP contribution >= 0.6 is 0 Å². The van der Waals surface area contributed by atoms with Crippen LogP contribution < -0.4 is 10.5 Å². The first kappa shape index (κ1) is 22.2. The average Bonchev–Trinajstić information content (AvgIpc) is 3.51. The predicted molar refractivity (Wildman–Crippen MR) is 125 cm³/mol. The summed E-state index contributed by atoms with van der Waals surface area (Å²) < 4.78 is 12.2. The number of amides is 2. The highest BCUT2D eigenvalue weighted by molar-refractivity contribution is 5.97. The number of hydrogen-bond acceptors (Lipinski definition) is 6. The molecule has 0 aromatic heterocycles. The van der Waals surface area contributed by atoms with Crippen LogP contribution in [0.3, 0.4) is 0 Å². The molecule has 0 radical (unpaired) electrons. The Bertz CT molecular complexity index is 1060. The van der Waals surface area contributed by atoms with Crippen LogP contribution in [0, 0.1) is 5.92 Å². The second-order valence-corrected chi connectivity index (χ2v) is 11.9. The molecule has 3 fully saturated rings. The van der Waals surface area contributed by atoms with Crippen LogP contribution in [0.15, 0.2) is 12.1 Å². The van der Waals surface area contributed by atoms with Crippen LogP contribution in [0.25, 0.3) is 0 Å². The zero-order valence-corrected chi connectivity index (χ0v) is 20.3. The second-order valence-electron chi connectivity index (χ2n) is 11.9. The molecule has 1 saturated carbocycles. The summed E-state index contributed by atoms with van der Waals surface area (Å²) in [5.74, 6) is 0.687. The Morgan fingerprint density at radius 2 is 2.00 bits per heavy atom. The Balaban J connectivity index is 1.47. The number of primary amides is 1. The van der Waals surface area contributed by atoms with Gasteiger partial charge in [-0.3, -0.25) is 9.69 Å². The van der Waals surface area contributed by atoms with Crippen LogP contribution in [0.5, 0.6) is 5.75 Å². The fourth-order valence-electron chi connectivity index (χ4n) is 7.10. The van der Waals surface area contributed by atoms with Crippen LogP contribution in [0.2, 0.25) is 0 Å². The number of nitrogens with zero attached hydrogens (tertiary/aromatic N) is 2. The highest BCUT2D eigenvalue weighted by Crippen LogP contribution is 2.62. The molecule has 4 atom stereocenters. The molecule has 1 spiro atoms. The minimum atomic E-state index is -1.07. The molecular formula is C26H35N3O5. The number of benzene rings is 1. The van der Waals surface area contributed by atoms with Crippen molar-refractivity contribution >= 4 is 12.0 Å². The highest BCUT2D eigenvalue weighted by Gasteiger charge is 2.71. The van der Waals surface area contributed by atoms with Crippen molar-refractivity contribution in [1.29, 1.82) is 0 Å². The van der Waals surface area contributed by atoms with Gasteiger partial charge in [0.1, 0.15) is 17.5 Å². The quantitative estimate of drug-likeness (QED) is 0.703. The first-order valence-corrected chi connectivity index (χ1v) is 12.6. The SMILES string of the molecule is CC(C)(C)OC(=O)N1CC[C@@]2(O)[C@H]3Cc4ccc(C(N)=O)c5c4[C@@]2(CCN3CC2CC2)[C@H](C1)O5. The van der Waals surface area contributed by atoms with Crippen LogP contribution in [-0.2, 0) is 16.6 Å². The number of carbonyl (C=O) groups excluding carboxylic acids is 2. The molecule has 2 aliphatic carbocycles. The van der Waals surface area contributed by atoms with Gasteiger partial charge in [-0.2, -0.15) is 0 Å². The van der Waals surface area contributed by atoms with Crippen molar-refractivity contribution in [3.8, 4) is 5.75 Å². The summed E-state index contributed by atoms with van der Waals surface area (Å²) in [4.78, 5) is 29.6. The summed E-state index contributed by atoms with van der Waals surface area (Å²) >= 11 is 0. The Hall–Kier alpha value is -2.32. The molecule has 3 heterocycles. The van der Waals surface area contributed by atoms with E-state index in [1.54, 1.807) is 11.0 Å². The molecule has 8 heteroatoms. The van der Waals surface area contributed by atoms with Gasteiger partial charge in [-0.25, -0.2) is 4.79 Å². The molecule has 2 amide bonds. The second kappa shape index (κ2) is 7.10. The minimum absolute atomic E-state index is 0.0515. The van der Waals surface area contributed by atoms with E-state index < -0.39 is 34.7 Å². The monoisotopic (exact) mass is 469 g/mol. The summed E-state index contributed by atoms with van der Waals surface area (Å²) in [7, 11) is 0. The van der Waals surface area contributed by atoms with E-state index in [0.717, 1.165) is 30.6 Å². The van der Waals surface area contributed by atoms with Crippen LogP contribution in [0.4, 0.5) is 4.79 Å². The van der Waals surface area contributed by atoms with Crippen molar-refractivity contribution in [2.45, 2.75) is 81.6 Å². The molecule has 1 aromatic rings. The van der Waals surface area contributed by atoms with E-state index in [2.05, 4.69) is 4.90 Å². The lowest BCUT2D eigenvalue weighted by molar-refractivity contribution is -0.162. The average molecular weight is 470 g/mol. The lowest BCUT2D eigenvalue weighted by Gasteiger charge is -2.60. The third-order valence-electron chi connectivity index (χ3n) is 8.73. The zero-order valence-electron chi connectivity index (χ0n) is 20.3. The summed E-state index contributed by atoms with van der Waals surface area (Å²) in [5, 5.41) is 12.6. The Morgan fingerprint density at radius 3 is 2.68 bits per heavy atom. The lowest BCUT2D eigenvalue weighted by atomic mass is 9.52. The minimum Gasteiger partial charge on any atom is -0.486 e. The molecule has 6 rings (SSSR count). The van der Waals surface area contributed by atoms with Gasteiger partial charge in [0.25, 0.3) is 5.91 Å². The Labute approximate surface area is 200 Å². The number of nitrogens with two attached hydrogens (primary N) is 1. The van der Waals surface area contributed by atoms with Crippen molar-refractivity contribution in [2.75, 3.05) is 26.2 Å². The van der Waals surface area contributed by atoms with E-state index in [4.69, 9.17) is 15.2 Å². The number of likely N-dealkylation sites (tertiary alicyclic amines) is 2. The molecule has 2 bridgehead atoms. The van der Waals surface area contributed by atoms with Crippen molar-refractivity contribution in [2.24, 2.45) is 11.7 Å². The Morgan fingerprint density at radius 1 is 1.24 bits per heavy atom. The summed E-state index contributed by atoms with van der Waals surface area (Å²) in [5.41, 5.74) is 5.79. The van der Waals surface area contributed by atoms with Gasteiger partial charge in [-0.05, 0) is 77.0 Å². The van der Waals surface area contributed by atoms with E-state index in [1.165, 1.54) is 12.8 Å². The van der Waals surface area contributed by atoms with Crippen LogP contribution in [-0.4, -0.2) is 76.4 Å². The van der Waals surface area contributed by atoms with Crippen LogP contribution in [0.1, 0.15) is 67.9 Å². The van der Waals surface area contributed by atoms with Gasteiger partial charge in [0.05, 0.1) is 23.1 Å². The molecule has 2 saturated heterocycles. The largest absolute Gasteiger partial charge is 0.486 e. The van der Waals surface area contributed by atoms with Gasteiger partial charge in [0.15, 0.2) is 0 Å². The fraction of sp³-hybridized carbons (Fsp3) is 0.692. The number of ether oxygens (including phenoxy) is 2. The van der Waals surface area contributed by atoms with E-state index in [0.29, 0.717) is 43.2 Å². The number of hydrogen-bond donors (Lipinski definition) is 2. The van der Waals surface area contributed by atoms with Gasteiger partial charge >= 0.3 is 6.09 Å². The van der Waals surface area contributed by atoms with Crippen molar-refractivity contribution in [3.05, 3.63) is 28.8 Å². The first-order valence-electron chi connectivity index (χ1n) is 12.6. The smallest absolute Gasteiger partial charge is 0.410 e. The highest BCUT2D eigenvalue weighted by atomic mass is 16.6. The molecule has 3 N–H and O–H groups in total. The van der Waals surface area contributed by atoms with Gasteiger partial charge < -0.3 is 25.2 Å². The van der Waals surface area contributed by atoms with Gasteiger partial charge in [0.2, 0.25) is 0 Å². The number of aliphatic hydroxyl groups is 1. The molecule has 184 valence electrons. The number of carbonyl (C=O) groups is 2. The number of rotatable bonds is 3. The standard InChI is InChI=1S/C26H35N3O5/c1-24(2,3)34-23(31)29-11-9-26(32)18-12-16-6-7-17(22(27)30)21-20(16)25(26,19(14-29)33-21)8-10-28(18)13-15-4-5-15/h6-7,15,18-19,32H,4-5,8-14H2,1-3H3,(H2,27,30)/t18-,19+,25-,26-/m1/s1. The zero-order chi connectivity index (χ0) is 24.0. The fourth-order valence-corrected chi connectivity index (χ4v) is 7.10. The molecule has 34 heavy (non-hydrogen) atoms. The lowest BCUT2D eigenvalue weighted by Crippen LogP contribution is -2.74. The van der Waals surface area contributed by atoms with Crippen molar-refractivity contribution < 1.29 is 24.2 Å². The third-order valence-corrected chi connectivity index (χ3v) is 8.73. The van der Waals surface area contributed by atoms with E-state index >= 15 is 0 Å². The first-order chi connectivity index (χ1) is 16.0. The van der Waals surface area contributed by atoms with Gasteiger partial charge in [-0.15, -0.1) is 0 Å². The summed E-state index contributed by atoms with van der Waals surface area (Å²) in [6.45, 7) is 8.14. The molecule has 0 unspecified atom stereocenters. The predicted octanol–water partition coefficient (Wildman–Crippen LogP) is 2.20. The van der Waals surface area contributed by atoms with E-state index in [9.17, 15) is 14.7 Å². The molecule has 3 aliphatic heterocycles. The maximum atomic E-state index is 13.1. The van der Waals surface area contributed by atoms with E-state index in [-0.39, 0.29) is 6.04 Å². The van der Waals surface area contributed by atoms with Gasteiger partial charge in [0, 0.05) is 24.7 Å². The normalized spacial score (nSPS) is 34.2. The third kappa shape index (κ3) is 3.04. The molecular weight excluding hydrogens is 434 g/mol. The number of piperidine rings is 1. The van der Waals surface area contributed by atoms with Crippen molar-refractivity contribution in [3.63, 3.8) is 0 Å². The summed E-state index contributed by atoms with van der Waals surface area (Å²) in [6, 6.07) is 3.70. The topological polar surface area (TPSA) is 105 Å². The van der Waals surface area contributed by atoms with Gasteiger partial charge in [-0.1, -0.05) is 6.07 Å². The van der Waals surface area contributed by atoms with Crippen molar-refractivity contribution in [1.82, 2.24) is 9.80 Å².